The average molecular weight is 327 g/mol. The SMILES string of the molecule is CC(=O)Nc1c(C(=O)O)cc(Cl)c(Br)c1Cl. The quantitative estimate of drug-likeness (QED) is 0.818. The van der Waals surface area contributed by atoms with E-state index in [1.807, 2.05) is 0 Å². The summed E-state index contributed by atoms with van der Waals surface area (Å²) in [6.45, 7) is 1.25. The van der Waals surface area contributed by atoms with Gasteiger partial charge in [0.2, 0.25) is 5.91 Å². The highest BCUT2D eigenvalue weighted by Gasteiger charge is 2.19. The Morgan fingerprint density at radius 3 is 2.44 bits per heavy atom. The molecule has 0 atom stereocenters. The molecule has 1 aromatic rings. The summed E-state index contributed by atoms with van der Waals surface area (Å²) < 4.78 is 0.338. The van der Waals surface area contributed by atoms with E-state index in [0.717, 1.165) is 0 Å². The molecule has 0 aliphatic rings. The molecule has 16 heavy (non-hydrogen) atoms. The lowest BCUT2D eigenvalue weighted by Crippen LogP contribution is -2.11. The molecule has 0 radical (unpaired) electrons. The molecule has 1 aromatic carbocycles. The van der Waals surface area contributed by atoms with E-state index in [1.54, 1.807) is 0 Å². The maximum absolute atomic E-state index is 10.9. The Labute approximate surface area is 110 Å². The molecule has 0 aliphatic heterocycles. The second kappa shape index (κ2) is 5.03. The van der Waals surface area contributed by atoms with Crippen LogP contribution in [-0.4, -0.2) is 17.0 Å². The topological polar surface area (TPSA) is 66.4 Å². The molecular weight excluding hydrogens is 321 g/mol. The number of carboxylic acids is 1. The van der Waals surface area contributed by atoms with Gasteiger partial charge in [-0.05, 0) is 22.0 Å². The third-order valence-electron chi connectivity index (χ3n) is 1.69. The van der Waals surface area contributed by atoms with E-state index in [2.05, 4.69) is 21.2 Å². The number of aromatic carboxylic acids is 1. The van der Waals surface area contributed by atoms with E-state index in [1.165, 1.54) is 13.0 Å². The van der Waals surface area contributed by atoms with Gasteiger partial charge in [-0.3, -0.25) is 4.79 Å². The first kappa shape index (κ1) is 13.3. The maximum atomic E-state index is 10.9. The summed E-state index contributed by atoms with van der Waals surface area (Å²) in [6, 6.07) is 1.21. The molecule has 0 saturated heterocycles. The molecule has 1 amide bonds. The highest BCUT2D eigenvalue weighted by atomic mass is 79.9. The minimum absolute atomic E-state index is 0.0259. The maximum Gasteiger partial charge on any atom is 0.337 e. The molecule has 0 saturated carbocycles. The minimum Gasteiger partial charge on any atom is -0.478 e. The molecule has 0 spiro atoms. The first-order chi connectivity index (χ1) is 7.34. The summed E-state index contributed by atoms with van der Waals surface area (Å²) in [7, 11) is 0. The van der Waals surface area contributed by atoms with Crippen LogP contribution in [0.2, 0.25) is 10.0 Å². The van der Waals surface area contributed by atoms with Gasteiger partial charge in [-0.2, -0.15) is 0 Å². The van der Waals surface area contributed by atoms with Crippen molar-refractivity contribution in [2.75, 3.05) is 5.32 Å². The summed E-state index contributed by atoms with van der Waals surface area (Å²) in [5.41, 5.74) is -0.133. The molecule has 0 heterocycles. The van der Waals surface area contributed by atoms with E-state index < -0.39 is 11.9 Å². The molecular formula is C9H6BrCl2NO3. The standard InChI is InChI=1S/C9H6BrCl2NO3/c1-3(14)13-8-4(9(15)16)2-5(11)6(10)7(8)12/h2H,1H3,(H,13,14)(H,15,16). The lowest BCUT2D eigenvalue weighted by molar-refractivity contribution is -0.114. The number of carbonyl (C=O) groups excluding carboxylic acids is 1. The molecule has 86 valence electrons. The van der Waals surface area contributed by atoms with Crippen molar-refractivity contribution in [3.8, 4) is 0 Å². The Bertz CT molecular complexity index is 476. The fourth-order valence-corrected chi connectivity index (χ4v) is 1.88. The minimum atomic E-state index is -1.22. The van der Waals surface area contributed by atoms with Crippen molar-refractivity contribution in [2.45, 2.75) is 6.92 Å². The predicted octanol–water partition coefficient (Wildman–Crippen LogP) is 3.41. The van der Waals surface area contributed by atoms with Crippen LogP contribution in [0, 0.1) is 0 Å². The summed E-state index contributed by atoms with van der Waals surface area (Å²) in [5.74, 6) is -1.64. The molecule has 0 fully saturated rings. The van der Waals surface area contributed by atoms with Gasteiger partial charge in [0, 0.05) is 6.92 Å². The lowest BCUT2D eigenvalue weighted by atomic mass is 10.1. The molecule has 0 bridgehead atoms. The number of hydrogen-bond acceptors (Lipinski definition) is 2. The number of amides is 1. The van der Waals surface area contributed by atoms with Crippen molar-refractivity contribution in [3.05, 3.63) is 26.1 Å². The Balaban J connectivity index is 3.47. The Morgan fingerprint density at radius 1 is 1.44 bits per heavy atom. The van der Waals surface area contributed by atoms with Crippen molar-refractivity contribution in [2.24, 2.45) is 0 Å². The number of anilines is 1. The van der Waals surface area contributed by atoms with Crippen molar-refractivity contribution in [3.63, 3.8) is 0 Å². The monoisotopic (exact) mass is 325 g/mol. The summed E-state index contributed by atoms with van der Waals surface area (Å²) >= 11 is 14.7. The van der Waals surface area contributed by atoms with Crippen molar-refractivity contribution in [1.29, 1.82) is 0 Å². The fourth-order valence-electron chi connectivity index (χ4n) is 1.06. The second-order valence-electron chi connectivity index (χ2n) is 2.90. The highest BCUT2D eigenvalue weighted by Crippen LogP contribution is 2.38. The smallest absolute Gasteiger partial charge is 0.337 e. The molecule has 7 heteroatoms. The van der Waals surface area contributed by atoms with Gasteiger partial charge in [0.15, 0.2) is 0 Å². The normalized spacial score (nSPS) is 10.0. The molecule has 1 rings (SSSR count). The van der Waals surface area contributed by atoms with Gasteiger partial charge >= 0.3 is 5.97 Å². The number of nitrogens with one attached hydrogen (secondary N) is 1. The van der Waals surface area contributed by atoms with E-state index in [9.17, 15) is 9.59 Å². The van der Waals surface area contributed by atoms with Crippen LogP contribution in [0.4, 0.5) is 5.69 Å². The zero-order valence-corrected chi connectivity index (χ0v) is 11.1. The van der Waals surface area contributed by atoms with E-state index in [-0.39, 0.29) is 21.3 Å². The van der Waals surface area contributed by atoms with Crippen LogP contribution < -0.4 is 5.32 Å². The zero-order valence-electron chi connectivity index (χ0n) is 7.97. The zero-order chi connectivity index (χ0) is 12.5. The second-order valence-corrected chi connectivity index (χ2v) is 4.47. The summed E-state index contributed by atoms with van der Waals surface area (Å²) in [6.07, 6.45) is 0. The first-order valence-corrected chi connectivity index (χ1v) is 5.58. The van der Waals surface area contributed by atoms with Gasteiger partial charge in [0.05, 0.1) is 25.8 Å². The Kier molecular flexibility index (Phi) is 4.18. The summed E-state index contributed by atoms with van der Waals surface area (Å²) in [5, 5.41) is 11.5. The van der Waals surface area contributed by atoms with Gasteiger partial charge in [-0.15, -0.1) is 0 Å². The first-order valence-electron chi connectivity index (χ1n) is 4.03. The summed E-state index contributed by atoms with van der Waals surface area (Å²) in [4.78, 5) is 21.9. The largest absolute Gasteiger partial charge is 0.478 e. The molecule has 2 N–H and O–H groups in total. The highest BCUT2D eigenvalue weighted by molar-refractivity contribution is 9.10. The fraction of sp³-hybridized carbons (Fsp3) is 0.111. The van der Waals surface area contributed by atoms with E-state index in [4.69, 9.17) is 28.3 Å². The van der Waals surface area contributed by atoms with Gasteiger partial charge in [0.1, 0.15) is 0 Å². The lowest BCUT2D eigenvalue weighted by Gasteiger charge is -2.11. The Morgan fingerprint density at radius 2 is 2.00 bits per heavy atom. The van der Waals surface area contributed by atoms with Crippen LogP contribution in [0.15, 0.2) is 10.5 Å². The predicted molar refractivity (Wildman–Crippen MR) is 65.4 cm³/mol. The van der Waals surface area contributed by atoms with Crippen molar-refractivity contribution < 1.29 is 14.7 Å². The number of halogens is 3. The van der Waals surface area contributed by atoms with E-state index >= 15 is 0 Å². The Hall–Kier alpha value is -0.780. The number of hydrogen-bond donors (Lipinski definition) is 2. The van der Waals surface area contributed by atoms with Gasteiger partial charge in [-0.1, -0.05) is 23.2 Å². The molecule has 4 nitrogen and oxygen atoms in total. The number of rotatable bonds is 2. The van der Waals surface area contributed by atoms with Crippen LogP contribution in [-0.2, 0) is 4.79 Å². The average Bonchev–Trinajstić information content (AvgIpc) is 2.17. The van der Waals surface area contributed by atoms with Crippen molar-refractivity contribution in [1.82, 2.24) is 0 Å². The molecule has 0 aromatic heterocycles. The van der Waals surface area contributed by atoms with Crippen LogP contribution >= 0.6 is 39.1 Å². The number of carboxylic acid groups (broad SMARTS) is 1. The van der Waals surface area contributed by atoms with Gasteiger partial charge in [0.25, 0.3) is 0 Å². The van der Waals surface area contributed by atoms with Crippen molar-refractivity contribution >= 4 is 56.7 Å². The van der Waals surface area contributed by atoms with Crippen LogP contribution in [0.25, 0.3) is 0 Å². The van der Waals surface area contributed by atoms with E-state index in [0.29, 0.717) is 4.47 Å². The number of benzene rings is 1. The van der Waals surface area contributed by atoms with Gasteiger partial charge < -0.3 is 10.4 Å². The third-order valence-corrected chi connectivity index (χ3v) is 3.65. The molecule has 0 aliphatic carbocycles. The third kappa shape index (κ3) is 2.66. The van der Waals surface area contributed by atoms with Crippen LogP contribution in [0.3, 0.4) is 0 Å². The number of carbonyl (C=O) groups is 2. The van der Waals surface area contributed by atoms with Crippen LogP contribution in [0.1, 0.15) is 17.3 Å². The van der Waals surface area contributed by atoms with Crippen LogP contribution in [0.5, 0.6) is 0 Å². The molecule has 0 unspecified atom stereocenters. The van der Waals surface area contributed by atoms with Gasteiger partial charge in [-0.25, -0.2) is 4.79 Å².